The summed E-state index contributed by atoms with van der Waals surface area (Å²) in [5, 5.41) is 16.7. The predicted octanol–water partition coefficient (Wildman–Crippen LogP) is 16.0. The molecule has 0 radical (unpaired) electrons. The van der Waals surface area contributed by atoms with Crippen LogP contribution in [0.1, 0.15) is 266 Å². The average Bonchev–Trinajstić information content (AvgIpc) is 3.10. The van der Waals surface area contributed by atoms with Gasteiger partial charge in [-0.25, -0.2) is 0 Å². The molecule has 0 aromatic rings. The Bertz CT molecular complexity index is 398. The first kappa shape index (κ1) is 58.7. The van der Waals surface area contributed by atoms with Gasteiger partial charge in [0.25, 0.3) is 0 Å². The molecule has 4 heteroatoms. The molecule has 0 aromatic heterocycles. The van der Waals surface area contributed by atoms with Crippen LogP contribution in [0.15, 0.2) is 0 Å². The summed E-state index contributed by atoms with van der Waals surface area (Å²) in [6.45, 7) is 18.4. The molecule has 49 heavy (non-hydrogen) atoms. The van der Waals surface area contributed by atoms with E-state index in [-0.39, 0.29) is 6.10 Å². The van der Waals surface area contributed by atoms with Crippen LogP contribution in [0.2, 0.25) is 0 Å². The van der Waals surface area contributed by atoms with Crippen LogP contribution in [0.4, 0.5) is 0 Å². The summed E-state index contributed by atoms with van der Waals surface area (Å²) in [6.07, 6.45) is 49.8. The van der Waals surface area contributed by atoms with E-state index in [1.54, 1.807) is 13.8 Å². The average molecular weight is 733 g/mol. The fourth-order valence-electron chi connectivity index (χ4n) is 5.63. The van der Waals surface area contributed by atoms with Crippen molar-refractivity contribution in [1.82, 2.24) is 0 Å². The Morgan fingerprint density at radius 3 is 0.653 bits per heavy atom. The van der Waals surface area contributed by atoms with E-state index in [0.29, 0.717) is 6.61 Å². The van der Waals surface area contributed by atoms with Gasteiger partial charge in [0.05, 0.1) is 0 Å². The van der Waals surface area contributed by atoms with E-state index in [0.717, 1.165) is 39.7 Å². The van der Waals surface area contributed by atoms with E-state index in [1.165, 1.54) is 212 Å². The fraction of sp³-hybridized carbons (Fsp3) is 0.956. The van der Waals surface area contributed by atoms with Crippen molar-refractivity contribution >= 4 is 0 Å². The zero-order valence-corrected chi connectivity index (χ0v) is 36.5. The number of aliphatic hydroxyl groups excluding tert-OH is 2. The Kier molecular flexibility index (Phi) is 79.9. The molecule has 0 atom stereocenters. The monoisotopic (exact) mass is 733 g/mol. The van der Waals surface area contributed by atoms with E-state index in [2.05, 4.69) is 34.6 Å². The molecule has 0 rings (SSSR count). The van der Waals surface area contributed by atoms with E-state index in [9.17, 15) is 0 Å². The third-order valence-corrected chi connectivity index (χ3v) is 8.72. The third-order valence-electron chi connectivity index (χ3n) is 8.72. The number of unbranched alkanes of at least 4 members (excludes halogenated alkanes) is 33. The van der Waals surface area contributed by atoms with Crippen molar-refractivity contribution in [3.63, 3.8) is 0 Å². The van der Waals surface area contributed by atoms with Crippen molar-refractivity contribution in [3.8, 4) is 0 Å². The SMILES string of the molecule is CC(C)O.CCCCCCCCCCCCCCO.[CH2-]CCCCCCCCCCCCC.[CH2-]CCCCCCCCCCCCC.[O]=[Ti+2]. The summed E-state index contributed by atoms with van der Waals surface area (Å²) in [7, 11) is 0. The van der Waals surface area contributed by atoms with Crippen LogP contribution in [0.3, 0.4) is 0 Å². The van der Waals surface area contributed by atoms with Crippen LogP contribution in [-0.2, 0) is 23.7 Å². The molecule has 0 fully saturated rings. The van der Waals surface area contributed by atoms with Crippen molar-refractivity contribution in [1.29, 1.82) is 0 Å². The minimum absolute atomic E-state index is 0.167. The van der Waals surface area contributed by atoms with Gasteiger partial charge in [-0.2, -0.15) is 12.8 Å². The zero-order valence-electron chi connectivity index (χ0n) is 35.0. The van der Waals surface area contributed by atoms with Gasteiger partial charge in [0.2, 0.25) is 0 Å². The summed E-state index contributed by atoms with van der Waals surface area (Å²) < 4.78 is 8.25. The van der Waals surface area contributed by atoms with Crippen molar-refractivity contribution in [3.05, 3.63) is 13.8 Å². The van der Waals surface area contributed by atoms with Crippen LogP contribution in [0.25, 0.3) is 0 Å². The third kappa shape index (κ3) is 88.1. The second kappa shape index (κ2) is 66.7. The molecule has 0 heterocycles. The van der Waals surface area contributed by atoms with Crippen molar-refractivity contribution in [2.24, 2.45) is 0 Å². The van der Waals surface area contributed by atoms with E-state index in [1.807, 2.05) is 0 Å². The standard InChI is InChI=1S/C14H30O.2C14H29.C3H8O.O.Ti/c1-2-3-4-5-6-7-8-9-10-11-12-13-14-15;2*1-3-5-7-9-11-13-14-12-10-8-6-4-2;1-3(2)4;;/h15H,2-14H2,1H3;2*1,3-14H2,2H3;3-4H,1-2H3;;/q;2*-1;;;+2. The topological polar surface area (TPSA) is 57.5 Å². The molecule has 0 aliphatic rings. The molecule has 0 amide bonds. The van der Waals surface area contributed by atoms with Crippen LogP contribution in [0, 0.1) is 13.8 Å². The van der Waals surface area contributed by atoms with Gasteiger partial charge in [-0.05, 0) is 20.3 Å². The van der Waals surface area contributed by atoms with Gasteiger partial charge in [0.1, 0.15) is 0 Å². The molecular formula is C45H96O3Ti. The number of aliphatic hydroxyl groups is 2. The zero-order chi connectivity index (χ0) is 37.7. The molecule has 3 nitrogen and oxygen atoms in total. The van der Waals surface area contributed by atoms with Crippen LogP contribution < -0.4 is 0 Å². The van der Waals surface area contributed by atoms with E-state index < -0.39 is 0 Å². The summed E-state index contributed by atoms with van der Waals surface area (Å²) in [6, 6.07) is 0. The second-order valence-corrected chi connectivity index (χ2v) is 14.5. The molecule has 0 saturated heterocycles. The Morgan fingerprint density at radius 2 is 0.510 bits per heavy atom. The molecule has 0 saturated carbocycles. The first-order valence-corrected chi connectivity index (χ1v) is 22.7. The van der Waals surface area contributed by atoms with E-state index in [4.69, 9.17) is 13.5 Å². The second-order valence-electron chi connectivity index (χ2n) is 14.5. The summed E-state index contributed by atoms with van der Waals surface area (Å²) in [5.41, 5.74) is 0. The Balaban J connectivity index is -0.000000182. The maximum absolute atomic E-state index is 8.61. The molecule has 0 aliphatic heterocycles. The van der Waals surface area contributed by atoms with Crippen molar-refractivity contribution in [2.45, 2.75) is 272 Å². The molecule has 0 aliphatic carbocycles. The van der Waals surface area contributed by atoms with Gasteiger partial charge < -0.3 is 24.1 Å². The van der Waals surface area contributed by atoms with Gasteiger partial charge in [0, 0.05) is 12.7 Å². The molecule has 0 unspecified atom stereocenters. The molecule has 2 N–H and O–H groups in total. The van der Waals surface area contributed by atoms with Crippen LogP contribution in [0.5, 0.6) is 0 Å². The van der Waals surface area contributed by atoms with Gasteiger partial charge in [-0.3, -0.25) is 0 Å². The molecule has 0 bridgehead atoms. The fourth-order valence-corrected chi connectivity index (χ4v) is 5.63. The number of hydrogen-bond acceptors (Lipinski definition) is 3. The Hall–Kier alpha value is 0.434. The van der Waals surface area contributed by atoms with Gasteiger partial charge in [0.15, 0.2) is 0 Å². The van der Waals surface area contributed by atoms with Crippen molar-refractivity contribution < 1.29 is 33.9 Å². The van der Waals surface area contributed by atoms with Gasteiger partial charge in [-0.15, -0.1) is 0 Å². The summed E-state index contributed by atoms with van der Waals surface area (Å²) >= 11 is 0.750. The van der Waals surface area contributed by atoms with Crippen molar-refractivity contribution in [2.75, 3.05) is 6.61 Å². The molecule has 0 aromatic carbocycles. The first-order valence-electron chi connectivity index (χ1n) is 22.1. The molecular weight excluding hydrogens is 636 g/mol. The van der Waals surface area contributed by atoms with Gasteiger partial charge in [-0.1, -0.05) is 233 Å². The summed E-state index contributed by atoms with van der Waals surface area (Å²) in [4.78, 5) is 0. The minimum atomic E-state index is -0.167. The Labute approximate surface area is 324 Å². The number of rotatable bonds is 34. The number of hydrogen-bond donors (Lipinski definition) is 2. The summed E-state index contributed by atoms with van der Waals surface area (Å²) in [5.74, 6) is 0. The Morgan fingerprint density at radius 1 is 0.367 bits per heavy atom. The normalized spacial score (nSPS) is 10.3. The van der Waals surface area contributed by atoms with Crippen LogP contribution >= 0.6 is 0 Å². The van der Waals surface area contributed by atoms with E-state index >= 15 is 0 Å². The van der Waals surface area contributed by atoms with Gasteiger partial charge >= 0.3 is 23.7 Å². The quantitative estimate of drug-likeness (QED) is 0.0393. The molecule has 298 valence electrons. The predicted molar refractivity (Wildman–Crippen MR) is 219 cm³/mol. The molecule has 0 spiro atoms. The van der Waals surface area contributed by atoms with Crippen LogP contribution in [-0.4, -0.2) is 22.9 Å². The first-order chi connectivity index (χ1) is 24.0. The maximum atomic E-state index is 8.61.